The van der Waals surface area contributed by atoms with Gasteiger partial charge >= 0.3 is 0 Å². The van der Waals surface area contributed by atoms with Gasteiger partial charge < -0.3 is 15.0 Å². The molecule has 0 aliphatic carbocycles. The van der Waals surface area contributed by atoms with E-state index in [0.717, 1.165) is 55.4 Å². The minimum absolute atomic E-state index is 0.747. The van der Waals surface area contributed by atoms with Crippen LogP contribution in [0.3, 0.4) is 0 Å². The van der Waals surface area contributed by atoms with Crippen LogP contribution in [-0.2, 0) is 13.0 Å². The van der Waals surface area contributed by atoms with Crippen molar-refractivity contribution in [1.29, 1.82) is 0 Å². The van der Waals surface area contributed by atoms with E-state index >= 15 is 0 Å². The maximum atomic E-state index is 5.44. The molecule has 1 aromatic heterocycles. The lowest BCUT2D eigenvalue weighted by molar-refractivity contribution is 0.396. The van der Waals surface area contributed by atoms with E-state index in [1.54, 1.807) is 7.11 Å². The number of H-pyrrole nitrogens is 1. The lowest BCUT2D eigenvalue weighted by Crippen LogP contribution is -2.38. The van der Waals surface area contributed by atoms with Gasteiger partial charge in [-0.05, 0) is 38.3 Å². The first-order valence-corrected chi connectivity index (χ1v) is 8.75. The third-order valence-corrected chi connectivity index (χ3v) is 4.10. The van der Waals surface area contributed by atoms with Crippen molar-refractivity contribution < 1.29 is 4.74 Å². The van der Waals surface area contributed by atoms with E-state index in [0.29, 0.717) is 0 Å². The molecule has 0 unspecified atom stereocenters. The van der Waals surface area contributed by atoms with Crippen molar-refractivity contribution in [2.24, 2.45) is 4.99 Å². The molecule has 2 rings (SSSR count). The number of ether oxygens (including phenoxy) is 1. The van der Waals surface area contributed by atoms with Crippen molar-refractivity contribution in [2.75, 3.05) is 27.2 Å². The summed E-state index contributed by atoms with van der Waals surface area (Å²) >= 11 is 0. The molecule has 0 atom stereocenters. The summed E-state index contributed by atoms with van der Waals surface area (Å²) < 4.78 is 5.44. The first kappa shape index (κ1) is 18.8. The first-order valence-electron chi connectivity index (χ1n) is 8.75. The Kier molecular flexibility index (Phi) is 7.32. The SMILES string of the molecule is CCNC(=NCCCc1cn[nH]c1C)N(C)Cc1ccccc1OC. The number of nitrogens with zero attached hydrogens (tertiary/aromatic N) is 3. The molecule has 0 bridgehead atoms. The van der Waals surface area contributed by atoms with E-state index in [4.69, 9.17) is 9.73 Å². The third kappa shape index (κ3) is 5.52. The summed E-state index contributed by atoms with van der Waals surface area (Å²) in [6, 6.07) is 8.09. The molecule has 6 nitrogen and oxygen atoms in total. The van der Waals surface area contributed by atoms with E-state index in [1.165, 1.54) is 5.56 Å². The number of guanidine groups is 1. The fourth-order valence-electron chi connectivity index (χ4n) is 2.72. The number of benzene rings is 1. The molecule has 1 heterocycles. The standard InChI is InChI=1S/C19H29N5O/c1-5-20-19(21-12-8-10-16-13-22-23-15(16)2)24(3)14-17-9-6-7-11-18(17)25-4/h6-7,9,11,13H,5,8,10,12,14H2,1-4H3,(H,20,21)(H,22,23). The van der Waals surface area contributed by atoms with Crippen LogP contribution >= 0.6 is 0 Å². The fraction of sp³-hybridized carbons (Fsp3) is 0.474. The number of methoxy groups -OCH3 is 1. The van der Waals surface area contributed by atoms with Crippen molar-refractivity contribution in [2.45, 2.75) is 33.2 Å². The van der Waals surface area contributed by atoms with Crippen LogP contribution in [0.1, 0.15) is 30.2 Å². The second-order valence-electron chi connectivity index (χ2n) is 6.03. The number of aromatic amines is 1. The van der Waals surface area contributed by atoms with Crippen LogP contribution in [0.15, 0.2) is 35.5 Å². The van der Waals surface area contributed by atoms with Gasteiger partial charge in [0.1, 0.15) is 5.75 Å². The number of aromatic nitrogens is 2. The fourth-order valence-corrected chi connectivity index (χ4v) is 2.72. The van der Waals surface area contributed by atoms with E-state index in [1.807, 2.05) is 31.4 Å². The molecule has 0 radical (unpaired) electrons. The zero-order valence-electron chi connectivity index (χ0n) is 15.7. The predicted molar refractivity (Wildman–Crippen MR) is 102 cm³/mol. The van der Waals surface area contributed by atoms with Crippen molar-refractivity contribution in [1.82, 2.24) is 20.4 Å². The van der Waals surface area contributed by atoms with Crippen molar-refractivity contribution in [3.63, 3.8) is 0 Å². The Balaban J connectivity index is 1.94. The Morgan fingerprint density at radius 3 is 2.80 bits per heavy atom. The molecule has 136 valence electrons. The Labute approximate surface area is 150 Å². The van der Waals surface area contributed by atoms with Gasteiger partial charge in [-0.1, -0.05) is 18.2 Å². The second-order valence-corrected chi connectivity index (χ2v) is 6.03. The molecule has 6 heteroatoms. The van der Waals surface area contributed by atoms with Crippen molar-refractivity contribution in [3.05, 3.63) is 47.3 Å². The van der Waals surface area contributed by atoms with Gasteiger partial charge in [-0.2, -0.15) is 5.10 Å². The van der Waals surface area contributed by atoms with Gasteiger partial charge in [-0.3, -0.25) is 10.1 Å². The van der Waals surface area contributed by atoms with Gasteiger partial charge in [0.25, 0.3) is 0 Å². The number of hydrogen-bond acceptors (Lipinski definition) is 3. The molecule has 2 aromatic rings. The van der Waals surface area contributed by atoms with Gasteiger partial charge in [0.2, 0.25) is 0 Å². The number of hydrogen-bond donors (Lipinski definition) is 2. The third-order valence-electron chi connectivity index (χ3n) is 4.10. The van der Waals surface area contributed by atoms with Gasteiger partial charge in [0.05, 0.1) is 13.3 Å². The van der Waals surface area contributed by atoms with Crippen LogP contribution in [0.2, 0.25) is 0 Å². The number of aryl methyl sites for hydroxylation is 2. The molecule has 2 N–H and O–H groups in total. The molecule has 0 aliphatic heterocycles. The van der Waals surface area contributed by atoms with Crippen LogP contribution in [0.5, 0.6) is 5.75 Å². The van der Waals surface area contributed by atoms with E-state index < -0.39 is 0 Å². The Hall–Kier alpha value is -2.50. The summed E-state index contributed by atoms with van der Waals surface area (Å²) in [5.41, 5.74) is 3.55. The van der Waals surface area contributed by atoms with Crippen molar-refractivity contribution in [3.8, 4) is 5.75 Å². The zero-order chi connectivity index (χ0) is 18.1. The number of aliphatic imine (C=N–C) groups is 1. The monoisotopic (exact) mass is 343 g/mol. The molecule has 0 aliphatic rings. The molecule has 0 spiro atoms. The second kappa shape index (κ2) is 9.71. The average Bonchev–Trinajstić information content (AvgIpc) is 3.03. The Morgan fingerprint density at radius 2 is 2.12 bits per heavy atom. The molecule has 0 saturated carbocycles. The molecular formula is C19H29N5O. The number of rotatable bonds is 8. The summed E-state index contributed by atoms with van der Waals surface area (Å²) in [5.74, 6) is 1.82. The summed E-state index contributed by atoms with van der Waals surface area (Å²) in [6.45, 7) is 6.51. The van der Waals surface area contributed by atoms with Crippen LogP contribution < -0.4 is 10.1 Å². The van der Waals surface area contributed by atoms with Gasteiger partial charge in [0.15, 0.2) is 5.96 Å². The lowest BCUT2D eigenvalue weighted by atomic mass is 10.1. The minimum atomic E-state index is 0.747. The van der Waals surface area contributed by atoms with Gasteiger partial charge in [-0.25, -0.2) is 0 Å². The molecule has 25 heavy (non-hydrogen) atoms. The van der Waals surface area contributed by atoms with Crippen LogP contribution in [0.25, 0.3) is 0 Å². The van der Waals surface area contributed by atoms with E-state index in [9.17, 15) is 0 Å². The maximum Gasteiger partial charge on any atom is 0.193 e. The highest BCUT2D eigenvalue weighted by molar-refractivity contribution is 5.79. The highest BCUT2D eigenvalue weighted by atomic mass is 16.5. The maximum absolute atomic E-state index is 5.44. The lowest BCUT2D eigenvalue weighted by Gasteiger charge is -2.23. The van der Waals surface area contributed by atoms with Crippen LogP contribution in [0.4, 0.5) is 0 Å². The van der Waals surface area contributed by atoms with Crippen molar-refractivity contribution >= 4 is 5.96 Å². The predicted octanol–water partition coefficient (Wildman–Crippen LogP) is 2.76. The highest BCUT2D eigenvalue weighted by Crippen LogP contribution is 2.18. The number of nitrogens with one attached hydrogen (secondary N) is 2. The number of para-hydroxylation sites is 1. The Morgan fingerprint density at radius 1 is 1.32 bits per heavy atom. The highest BCUT2D eigenvalue weighted by Gasteiger charge is 2.09. The largest absolute Gasteiger partial charge is 0.496 e. The zero-order valence-corrected chi connectivity index (χ0v) is 15.7. The van der Waals surface area contributed by atoms with Gasteiger partial charge in [-0.15, -0.1) is 0 Å². The summed E-state index contributed by atoms with van der Waals surface area (Å²) in [6.07, 6.45) is 3.89. The summed E-state index contributed by atoms with van der Waals surface area (Å²) in [7, 11) is 3.75. The van der Waals surface area contributed by atoms with Crippen LogP contribution in [0, 0.1) is 6.92 Å². The summed E-state index contributed by atoms with van der Waals surface area (Å²) in [4.78, 5) is 6.88. The first-order chi connectivity index (χ1) is 12.2. The topological polar surface area (TPSA) is 65.5 Å². The van der Waals surface area contributed by atoms with Gasteiger partial charge in [0, 0.05) is 37.9 Å². The van der Waals surface area contributed by atoms with E-state index in [2.05, 4.69) is 40.3 Å². The average molecular weight is 343 g/mol. The normalized spacial score (nSPS) is 11.4. The smallest absolute Gasteiger partial charge is 0.193 e. The van der Waals surface area contributed by atoms with E-state index in [-0.39, 0.29) is 0 Å². The molecular weight excluding hydrogens is 314 g/mol. The Bertz CT molecular complexity index is 680. The quantitative estimate of drug-likeness (QED) is 0.439. The molecule has 0 saturated heterocycles. The molecule has 1 aromatic carbocycles. The molecule has 0 fully saturated rings. The minimum Gasteiger partial charge on any atom is -0.496 e. The molecule has 0 amide bonds. The summed E-state index contributed by atoms with van der Waals surface area (Å²) in [5, 5.41) is 10.4. The van der Waals surface area contributed by atoms with Crippen LogP contribution in [-0.4, -0.2) is 48.3 Å².